The quantitative estimate of drug-likeness (QED) is 0.941. The van der Waals surface area contributed by atoms with E-state index in [1.54, 1.807) is 11.3 Å². The Hall–Kier alpha value is -1.17. The summed E-state index contributed by atoms with van der Waals surface area (Å²) in [5.41, 5.74) is 2.03. The van der Waals surface area contributed by atoms with Gasteiger partial charge in [-0.1, -0.05) is 6.92 Å². The molecule has 2 unspecified atom stereocenters. The van der Waals surface area contributed by atoms with Crippen molar-refractivity contribution >= 4 is 11.3 Å². The highest BCUT2D eigenvalue weighted by molar-refractivity contribution is 7.08. The Labute approximate surface area is 129 Å². The summed E-state index contributed by atoms with van der Waals surface area (Å²) in [6.45, 7) is 6.19. The van der Waals surface area contributed by atoms with Crippen LogP contribution < -0.4 is 0 Å². The van der Waals surface area contributed by atoms with E-state index in [1.807, 2.05) is 18.4 Å². The van der Waals surface area contributed by atoms with E-state index in [2.05, 4.69) is 22.2 Å². The number of nitrogens with zero attached hydrogens (tertiary/aromatic N) is 2. The smallest absolute Gasteiger partial charge is 0.227 e. The number of aliphatic hydroxyl groups is 1. The first-order valence-corrected chi connectivity index (χ1v) is 8.47. The monoisotopic (exact) mass is 306 g/mol. The van der Waals surface area contributed by atoms with Crippen molar-refractivity contribution in [2.45, 2.75) is 39.3 Å². The molecule has 0 radical (unpaired) electrons. The van der Waals surface area contributed by atoms with Crippen molar-refractivity contribution in [3.05, 3.63) is 28.3 Å². The number of aromatic nitrogens is 1. The van der Waals surface area contributed by atoms with Gasteiger partial charge in [-0.05, 0) is 43.7 Å². The lowest BCUT2D eigenvalue weighted by Gasteiger charge is -2.38. The van der Waals surface area contributed by atoms with Gasteiger partial charge in [-0.3, -0.25) is 4.90 Å². The largest absolute Gasteiger partial charge is 0.441 e. The highest BCUT2D eigenvalue weighted by atomic mass is 32.1. The third-order valence-corrected chi connectivity index (χ3v) is 5.11. The van der Waals surface area contributed by atoms with Crippen LogP contribution in [0.4, 0.5) is 0 Å². The number of rotatable bonds is 4. The SMILES string of the molecule is Cc1oc(-c2ccsc2)nc1CN1CCCC(C)C1CO. The molecular weight excluding hydrogens is 284 g/mol. The molecule has 1 aliphatic rings. The van der Waals surface area contributed by atoms with Gasteiger partial charge in [0.15, 0.2) is 0 Å². The van der Waals surface area contributed by atoms with Gasteiger partial charge < -0.3 is 9.52 Å². The van der Waals surface area contributed by atoms with Crippen molar-refractivity contribution in [1.82, 2.24) is 9.88 Å². The fourth-order valence-electron chi connectivity index (χ4n) is 3.10. The van der Waals surface area contributed by atoms with Crippen LogP contribution in [0, 0.1) is 12.8 Å². The molecule has 0 aliphatic carbocycles. The highest BCUT2D eigenvalue weighted by Gasteiger charge is 2.29. The van der Waals surface area contributed by atoms with E-state index < -0.39 is 0 Å². The molecule has 114 valence electrons. The van der Waals surface area contributed by atoms with Crippen molar-refractivity contribution in [2.24, 2.45) is 5.92 Å². The molecule has 5 heteroatoms. The average molecular weight is 306 g/mol. The van der Waals surface area contributed by atoms with Crippen molar-refractivity contribution in [1.29, 1.82) is 0 Å². The molecule has 3 rings (SSSR count). The number of aliphatic hydroxyl groups excluding tert-OH is 1. The number of hydrogen-bond donors (Lipinski definition) is 1. The van der Waals surface area contributed by atoms with Gasteiger partial charge in [-0.15, -0.1) is 0 Å². The van der Waals surface area contributed by atoms with E-state index in [9.17, 15) is 5.11 Å². The third kappa shape index (κ3) is 3.05. The Balaban J connectivity index is 1.78. The minimum atomic E-state index is 0.218. The van der Waals surface area contributed by atoms with Gasteiger partial charge >= 0.3 is 0 Å². The Bertz CT molecular complexity index is 579. The van der Waals surface area contributed by atoms with Crippen molar-refractivity contribution in [2.75, 3.05) is 13.2 Å². The van der Waals surface area contributed by atoms with Crippen LogP contribution in [-0.4, -0.2) is 34.2 Å². The second-order valence-electron chi connectivity index (χ2n) is 5.87. The number of likely N-dealkylation sites (tertiary alicyclic amines) is 1. The summed E-state index contributed by atoms with van der Waals surface area (Å²) in [6.07, 6.45) is 2.38. The first kappa shape index (κ1) is 14.8. The van der Waals surface area contributed by atoms with Gasteiger partial charge in [0, 0.05) is 23.5 Å². The second kappa shape index (κ2) is 6.30. The molecule has 1 aliphatic heterocycles. The van der Waals surface area contributed by atoms with E-state index in [1.165, 1.54) is 12.8 Å². The summed E-state index contributed by atoms with van der Waals surface area (Å²) in [5, 5.41) is 13.7. The van der Waals surface area contributed by atoms with Gasteiger partial charge in [0.1, 0.15) is 5.76 Å². The summed E-state index contributed by atoms with van der Waals surface area (Å²) in [7, 11) is 0. The lowest BCUT2D eigenvalue weighted by Crippen LogP contribution is -2.46. The van der Waals surface area contributed by atoms with Crippen LogP contribution in [0.25, 0.3) is 11.5 Å². The van der Waals surface area contributed by atoms with E-state index in [0.29, 0.717) is 11.8 Å². The van der Waals surface area contributed by atoms with Gasteiger partial charge in [-0.25, -0.2) is 4.98 Å². The molecule has 2 aromatic rings. The summed E-state index contributed by atoms with van der Waals surface area (Å²) >= 11 is 1.65. The minimum Gasteiger partial charge on any atom is -0.441 e. The van der Waals surface area contributed by atoms with Crippen molar-refractivity contribution in [3.8, 4) is 11.5 Å². The van der Waals surface area contributed by atoms with Gasteiger partial charge in [-0.2, -0.15) is 11.3 Å². The molecule has 1 N–H and O–H groups in total. The van der Waals surface area contributed by atoms with E-state index >= 15 is 0 Å². The first-order chi connectivity index (χ1) is 10.2. The number of hydrogen-bond acceptors (Lipinski definition) is 5. The molecule has 1 fully saturated rings. The first-order valence-electron chi connectivity index (χ1n) is 7.53. The Morgan fingerprint density at radius 1 is 1.52 bits per heavy atom. The van der Waals surface area contributed by atoms with Crippen LogP contribution in [0.5, 0.6) is 0 Å². The minimum absolute atomic E-state index is 0.218. The molecule has 21 heavy (non-hydrogen) atoms. The van der Waals surface area contributed by atoms with Gasteiger partial charge in [0.05, 0.1) is 12.3 Å². The lowest BCUT2D eigenvalue weighted by molar-refractivity contribution is 0.0462. The molecule has 2 atom stereocenters. The Morgan fingerprint density at radius 2 is 2.38 bits per heavy atom. The zero-order valence-electron chi connectivity index (χ0n) is 12.6. The molecule has 4 nitrogen and oxygen atoms in total. The second-order valence-corrected chi connectivity index (χ2v) is 6.65. The molecule has 3 heterocycles. The van der Waals surface area contributed by atoms with Crippen LogP contribution in [0.15, 0.2) is 21.2 Å². The fourth-order valence-corrected chi connectivity index (χ4v) is 3.73. The number of thiophene rings is 1. The number of piperidine rings is 1. The third-order valence-electron chi connectivity index (χ3n) is 4.43. The van der Waals surface area contributed by atoms with E-state index in [0.717, 1.165) is 30.1 Å². The Kier molecular flexibility index (Phi) is 4.42. The maximum absolute atomic E-state index is 9.65. The summed E-state index contributed by atoms with van der Waals surface area (Å²) in [5.74, 6) is 2.12. The predicted octanol–water partition coefficient (Wildman–Crippen LogP) is 3.30. The molecule has 2 aromatic heterocycles. The van der Waals surface area contributed by atoms with Crippen LogP contribution in [-0.2, 0) is 6.54 Å². The van der Waals surface area contributed by atoms with Crippen LogP contribution >= 0.6 is 11.3 Å². The maximum atomic E-state index is 9.65. The summed E-state index contributed by atoms with van der Waals surface area (Å²) < 4.78 is 5.80. The molecule has 0 spiro atoms. The highest BCUT2D eigenvalue weighted by Crippen LogP contribution is 2.28. The number of aryl methyl sites for hydroxylation is 1. The topological polar surface area (TPSA) is 49.5 Å². The molecule has 0 amide bonds. The molecule has 0 aromatic carbocycles. The number of oxazole rings is 1. The Morgan fingerprint density at radius 3 is 3.10 bits per heavy atom. The summed E-state index contributed by atoms with van der Waals surface area (Å²) in [6, 6.07) is 2.26. The molecule has 0 saturated carbocycles. The zero-order chi connectivity index (χ0) is 14.8. The fraction of sp³-hybridized carbons (Fsp3) is 0.562. The van der Waals surface area contributed by atoms with Crippen molar-refractivity contribution < 1.29 is 9.52 Å². The van der Waals surface area contributed by atoms with E-state index in [4.69, 9.17) is 4.42 Å². The normalized spacial score (nSPS) is 23.6. The average Bonchev–Trinajstić information content (AvgIpc) is 3.10. The van der Waals surface area contributed by atoms with Gasteiger partial charge in [0.2, 0.25) is 5.89 Å². The van der Waals surface area contributed by atoms with Crippen LogP contribution in [0.2, 0.25) is 0 Å². The zero-order valence-corrected chi connectivity index (χ0v) is 13.4. The molecule has 1 saturated heterocycles. The van der Waals surface area contributed by atoms with Crippen molar-refractivity contribution in [3.63, 3.8) is 0 Å². The van der Waals surface area contributed by atoms with E-state index in [-0.39, 0.29) is 12.6 Å². The van der Waals surface area contributed by atoms with Crippen LogP contribution in [0.3, 0.4) is 0 Å². The van der Waals surface area contributed by atoms with Crippen LogP contribution in [0.1, 0.15) is 31.2 Å². The predicted molar refractivity (Wildman–Crippen MR) is 84.2 cm³/mol. The summed E-state index contributed by atoms with van der Waals surface area (Å²) in [4.78, 5) is 7.00. The standard InChI is InChI=1S/C16H22N2O2S/c1-11-4-3-6-18(15(11)9-19)8-14-12(2)20-16(17-14)13-5-7-21-10-13/h5,7,10-11,15,19H,3-4,6,8-9H2,1-2H3. The molecular formula is C16H22N2O2S. The lowest BCUT2D eigenvalue weighted by atomic mass is 9.91. The molecule has 0 bridgehead atoms. The maximum Gasteiger partial charge on any atom is 0.227 e. The van der Waals surface area contributed by atoms with Gasteiger partial charge in [0.25, 0.3) is 0 Å².